The zero-order valence-electron chi connectivity index (χ0n) is 16.1. The van der Waals surface area contributed by atoms with E-state index in [0.29, 0.717) is 0 Å². The van der Waals surface area contributed by atoms with E-state index in [1.165, 1.54) is 36.4 Å². The van der Waals surface area contributed by atoms with Gasteiger partial charge in [-0.25, -0.2) is 4.79 Å². The second-order valence-electron chi connectivity index (χ2n) is 7.01. The summed E-state index contributed by atoms with van der Waals surface area (Å²) in [6.45, 7) is -0.642. The van der Waals surface area contributed by atoms with Crippen molar-refractivity contribution in [2.24, 2.45) is 0 Å². The Labute approximate surface area is 176 Å². The van der Waals surface area contributed by atoms with Gasteiger partial charge in [-0.1, -0.05) is 0 Å². The van der Waals surface area contributed by atoms with Gasteiger partial charge in [0.2, 0.25) is 6.29 Å². The highest BCUT2D eigenvalue weighted by molar-refractivity contribution is 6.00. The molecule has 1 aliphatic heterocycles. The zero-order chi connectivity index (χ0) is 22.6. The molecule has 166 valence electrons. The number of hydrogen-bond acceptors (Lipinski definition) is 10. The first-order chi connectivity index (χ1) is 14.7. The number of rotatable bonds is 6. The molecule has 3 rings (SSSR count). The van der Waals surface area contributed by atoms with Gasteiger partial charge in [-0.05, 0) is 54.6 Å². The molecule has 1 aliphatic carbocycles. The smallest absolute Gasteiger partial charge is 0.331 e. The summed E-state index contributed by atoms with van der Waals surface area (Å²) in [6, 6.07) is 5.50. The van der Waals surface area contributed by atoms with Gasteiger partial charge in [-0.15, -0.1) is 0 Å². The molecule has 1 heterocycles. The number of ether oxygens (including phenoxy) is 3. The normalized spacial score (nSPS) is 29.8. The maximum atomic E-state index is 12.2. The van der Waals surface area contributed by atoms with E-state index < -0.39 is 48.9 Å². The lowest BCUT2D eigenvalue weighted by Crippen LogP contribution is -2.61. The van der Waals surface area contributed by atoms with Crippen molar-refractivity contribution < 1.29 is 49.3 Å². The molecule has 2 aliphatic rings. The van der Waals surface area contributed by atoms with Gasteiger partial charge >= 0.3 is 5.97 Å². The first-order valence-corrected chi connectivity index (χ1v) is 9.33. The molecule has 10 nitrogen and oxygen atoms in total. The van der Waals surface area contributed by atoms with Crippen LogP contribution in [-0.2, 0) is 19.1 Å². The number of benzene rings is 1. The van der Waals surface area contributed by atoms with Crippen LogP contribution in [0.5, 0.6) is 11.5 Å². The number of hydrogen-bond donors (Lipinski definition) is 5. The highest BCUT2D eigenvalue weighted by Crippen LogP contribution is 2.27. The van der Waals surface area contributed by atoms with E-state index in [0.717, 1.165) is 24.3 Å². The molecule has 0 saturated carbocycles. The van der Waals surface area contributed by atoms with Crippen LogP contribution in [0.1, 0.15) is 0 Å². The highest BCUT2D eigenvalue weighted by Gasteiger charge is 2.47. The number of phenols is 1. The standard InChI is InChI=1S/C21H22O10/c22-11-15-17(26)19(18(27)20(30-15)29-14-3-1-12(23)2-4-14)31-16(25)7-10-21(28)8-5-13(24)6-9-21/h1-10,15,17-20,22-23,26-28H,11H2/b10-7+/t15-,17-,18-,19+,20-/m1/s1. The number of carbonyl (C=O) groups is 2. The number of phenolic OH excluding ortho intramolecular Hbond substituents is 1. The molecule has 0 radical (unpaired) electrons. The monoisotopic (exact) mass is 434 g/mol. The lowest BCUT2D eigenvalue weighted by atomic mass is 9.97. The first-order valence-electron chi connectivity index (χ1n) is 9.33. The summed E-state index contributed by atoms with van der Waals surface area (Å²) in [5, 5.41) is 49.9. The second kappa shape index (κ2) is 9.41. The average molecular weight is 434 g/mol. The van der Waals surface area contributed by atoms with Crippen LogP contribution in [0, 0.1) is 0 Å². The van der Waals surface area contributed by atoms with E-state index in [4.69, 9.17) is 14.2 Å². The molecular weight excluding hydrogens is 412 g/mol. The van der Waals surface area contributed by atoms with Crippen LogP contribution in [-0.4, -0.2) is 80.2 Å². The number of aliphatic hydroxyl groups excluding tert-OH is 3. The molecule has 0 spiro atoms. The van der Waals surface area contributed by atoms with Crippen molar-refractivity contribution in [2.45, 2.75) is 36.3 Å². The van der Waals surface area contributed by atoms with Crippen LogP contribution >= 0.6 is 0 Å². The first kappa shape index (κ1) is 22.7. The zero-order valence-corrected chi connectivity index (χ0v) is 16.1. The predicted octanol–water partition coefficient (Wildman–Crippen LogP) is -0.896. The van der Waals surface area contributed by atoms with Crippen LogP contribution in [0.15, 0.2) is 60.7 Å². The van der Waals surface area contributed by atoms with Gasteiger partial charge in [0.25, 0.3) is 0 Å². The number of esters is 1. The van der Waals surface area contributed by atoms with Gasteiger partial charge in [0, 0.05) is 6.08 Å². The molecule has 0 unspecified atom stereocenters. The minimum absolute atomic E-state index is 0.00612. The Balaban J connectivity index is 1.70. The number of ketones is 1. The Bertz CT molecular complexity index is 872. The summed E-state index contributed by atoms with van der Waals surface area (Å²) in [5.41, 5.74) is -1.67. The fourth-order valence-electron chi connectivity index (χ4n) is 2.98. The van der Waals surface area contributed by atoms with E-state index in [2.05, 4.69) is 0 Å². The van der Waals surface area contributed by atoms with E-state index in [1.807, 2.05) is 0 Å². The second-order valence-corrected chi connectivity index (χ2v) is 7.01. The van der Waals surface area contributed by atoms with Gasteiger partial charge < -0.3 is 39.7 Å². The van der Waals surface area contributed by atoms with Crippen LogP contribution in [0.4, 0.5) is 0 Å². The van der Waals surface area contributed by atoms with Crippen molar-refractivity contribution in [1.82, 2.24) is 0 Å². The Morgan fingerprint density at radius 1 is 1.13 bits per heavy atom. The van der Waals surface area contributed by atoms with Crippen molar-refractivity contribution in [2.75, 3.05) is 6.61 Å². The van der Waals surface area contributed by atoms with Crippen molar-refractivity contribution in [3.05, 3.63) is 60.7 Å². The van der Waals surface area contributed by atoms with E-state index in [-0.39, 0.29) is 17.3 Å². The third-order valence-electron chi connectivity index (χ3n) is 4.68. The lowest BCUT2D eigenvalue weighted by molar-refractivity contribution is -0.280. The largest absolute Gasteiger partial charge is 0.508 e. The maximum absolute atomic E-state index is 12.2. The molecule has 5 atom stereocenters. The number of aliphatic hydroxyl groups is 4. The molecule has 1 saturated heterocycles. The molecule has 0 amide bonds. The van der Waals surface area contributed by atoms with Crippen LogP contribution in [0.2, 0.25) is 0 Å². The highest BCUT2D eigenvalue weighted by atomic mass is 16.7. The Kier molecular flexibility index (Phi) is 6.88. The predicted molar refractivity (Wildman–Crippen MR) is 104 cm³/mol. The molecular formula is C21H22O10. The van der Waals surface area contributed by atoms with Gasteiger partial charge in [0.05, 0.1) is 6.61 Å². The summed E-state index contributed by atoms with van der Waals surface area (Å²) < 4.78 is 16.0. The molecule has 0 aromatic heterocycles. The molecule has 1 aromatic carbocycles. The fourth-order valence-corrected chi connectivity index (χ4v) is 2.98. The van der Waals surface area contributed by atoms with Crippen LogP contribution in [0.3, 0.4) is 0 Å². The minimum Gasteiger partial charge on any atom is -0.508 e. The molecule has 10 heteroatoms. The summed E-state index contributed by atoms with van der Waals surface area (Å²) in [7, 11) is 0. The van der Waals surface area contributed by atoms with Crippen LogP contribution < -0.4 is 4.74 Å². The third-order valence-corrected chi connectivity index (χ3v) is 4.68. The summed E-state index contributed by atoms with van der Waals surface area (Å²) in [5.74, 6) is -1.11. The summed E-state index contributed by atoms with van der Waals surface area (Å²) in [4.78, 5) is 23.4. The minimum atomic E-state index is -1.67. The third kappa shape index (κ3) is 5.57. The Hall–Kier alpha value is -3.02. The molecule has 1 aromatic rings. The molecule has 1 fully saturated rings. The molecule has 5 N–H and O–H groups in total. The van der Waals surface area contributed by atoms with Gasteiger partial charge in [0.1, 0.15) is 29.3 Å². The number of allylic oxidation sites excluding steroid dienone is 2. The SMILES string of the molecule is O=C1C=CC(O)(/C=C/C(=O)O[C@@H]2[C@@H](O)[C@H](Oc3ccc(O)cc3)O[C@H](CO)[C@H]2O)C=C1. The number of carbonyl (C=O) groups excluding carboxylic acids is 2. The summed E-state index contributed by atoms with van der Waals surface area (Å²) >= 11 is 0. The van der Waals surface area contributed by atoms with E-state index in [1.54, 1.807) is 0 Å². The fraction of sp³-hybridized carbons (Fsp3) is 0.333. The topological polar surface area (TPSA) is 163 Å². The Morgan fingerprint density at radius 2 is 1.77 bits per heavy atom. The molecule has 31 heavy (non-hydrogen) atoms. The summed E-state index contributed by atoms with van der Waals surface area (Å²) in [6.07, 6.45) is -0.731. The quantitative estimate of drug-likeness (QED) is 0.280. The van der Waals surface area contributed by atoms with Crippen molar-refractivity contribution in [1.29, 1.82) is 0 Å². The lowest BCUT2D eigenvalue weighted by Gasteiger charge is -2.41. The maximum Gasteiger partial charge on any atom is 0.331 e. The van der Waals surface area contributed by atoms with Crippen LogP contribution in [0.25, 0.3) is 0 Å². The van der Waals surface area contributed by atoms with Gasteiger partial charge in [0.15, 0.2) is 18.0 Å². The average Bonchev–Trinajstić information content (AvgIpc) is 2.75. The van der Waals surface area contributed by atoms with Crippen molar-refractivity contribution in [3.8, 4) is 11.5 Å². The van der Waals surface area contributed by atoms with Crippen molar-refractivity contribution >= 4 is 11.8 Å². The molecule has 0 bridgehead atoms. The van der Waals surface area contributed by atoms with E-state index >= 15 is 0 Å². The van der Waals surface area contributed by atoms with Gasteiger partial charge in [-0.3, -0.25) is 4.79 Å². The van der Waals surface area contributed by atoms with E-state index in [9.17, 15) is 35.1 Å². The van der Waals surface area contributed by atoms with Gasteiger partial charge in [-0.2, -0.15) is 0 Å². The number of aromatic hydroxyl groups is 1. The Morgan fingerprint density at radius 3 is 2.39 bits per heavy atom. The van der Waals surface area contributed by atoms with Crippen molar-refractivity contribution in [3.63, 3.8) is 0 Å².